The van der Waals surface area contributed by atoms with Crippen molar-refractivity contribution < 1.29 is 8.22 Å². The summed E-state index contributed by atoms with van der Waals surface area (Å²) in [6.45, 7) is 0. The van der Waals surface area contributed by atoms with E-state index >= 15 is 0 Å². The standard InChI is InChI=1S/C42H27NS2/c1-3-12-28(13-4-1)29-22-24-31(25-23-29)43(35-18-11-21-39-41(35)34-17-8-9-19-37(34)44-39)36-27-26-32(30-14-5-2-6-15-30)40-33-16-7-10-20-38(33)45-42(36)40/h1-27H/i8D,9D,11D,18D,19D,21D. The van der Waals surface area contributed by atoms with Gasteiger partial charge in [-0.05, 0) is 64.6 Å². The quantitative estimate of drug-likeness (QED) is 0.186. The van der Waals surface area contributed by atoms with Gasteiger partial charge in [0.1, 0.15) is 0 Å². The summed E-state index contributed by atoms with van der Waals surface area (Å²) in [7, 11) is 0. The first kappa shape index (κ1) is 20.7. The molecule has 0 unspecified atom stereocenters. The minimum Gasteiger partial charge on any atom is -0.308 e. The van der Waals surface area contributed by atoms with Crippen LogP contribution < -0.4 is 4.90 Å². The zero-order chi connectivity index (χ0) is 35.0. The molecule has 0 aliphatic rings. The summed E-state index contributed by atoms with van der Waals surface area (Å²) in [5.41, 5.74) is 6.28. The number of benzene rings is 7. The first-order valence-electron chi connectivity index (χ1n) is 17.7. The van der Waals surface area contributed by atoms with Crippen LogP contribution in [0.4, 0.5) is 17.1 Å². The third-order valence-corrected chi connectivity index (χ3v) is 10.5. The molecule has 45 heavy (non-hydrogen) atoms. The van der Waals surface area contributed by atoms with Crippen LogP contribution in [-0.2, 0) is 0 Å². The highest BCUT2D eigenvalue weighted by atomic mass is 32.1. The molecule has 0 amide bonds. The van der Waals surface area contributed by atoms with Crippen LogP contribution in [0.5, 0.6) is 0 Å². The van der Waals surface area contributed by atoms with Crippen LogP contribution in [0.1, 0.15) is 8.22 Å². The third kappa shape index (κ3) is 4.35. The molecule has 0 atom stereocenters. The van der Waals surface area contributed by atoms with E-state index < -0.39 is 0 Å². The van der Waals surface area contributed by atoms with E-state index in [2.05, 4.69) is 66.7 Å². The van der Waals surface area contributed by atoms with Crippen LogP contribution in [0.15, 0.2) is 164 Å². The maximum Gasteiger partial charge on any atom is 0.0645 e. The smallest absolute Gasteiger partial charge is 0.0645 e. The zero-order valence-electron chi connectivity index (χ0n) is 29.9. The number of rotatable bonds is 5. The van der Waals surface area contributed by atoms with Gasteiger partial charge in [0.2, 0.25) is 0 Å². The molecule has 0 aliphatic heterocycles. The summed E-state index contributed by atoms with van der Waals surface area (Å²) in [6.07, 6.45) is 0. The van der Waals surface area contributed by atoms with E-state index in [0.29, 0.717) is 25.9 Å². The fourth-order valence-corrected chi connectivity index (χ4v) is 8.47. The fraction of sp³-hybridized carbons (Fsp3) is 0. The number of hydrogen-bond donors (Lipinski definition) is 0. The lowest BCUT2D eigenvalue weighted by atomic mass is 9.98. The normalized spacial score (nSPS) is 13.4. The molecule has 0 spiro atoms. The van der Waals surface area contributed by atoms with E-state index in [4.69, 9.17) is 6.85 Å². The molecule has 0 saturated heterocycles. The van der Waals surface area contributed by atoms with Crippen molar-refractivity contribution in [3.05, 3.63) is 164 Å². The predicted octanol–water partition coefficient (Wildman–Crippen LogP) is 13.2. The molecule has 0 fully saturated rings. The van der Waals surface area contributed by atoms with Gasteiger partial charge in [0, 0.05) is 41.3 Å². The van der Waals surface area contributed by atoms with Crippen LogP contribution >= 0.6 is 22.7 Å². The number of anilines is 3. The van der Waals surface area contributed by atoms with Gasteiger partial charge in [0.15, 0.2) is 0 Å². The van der Waals surface area contributed by atoms with E-state index in [1.54, 1.807) is 17.4 Å². The molecule has 9 rings (SSSR count). The van der Waals surface area contributed by atoms with Crippen molar-refractivity contribution >= 4 is 80.1 Å². The summed E-state index contributed by atoms with van der Waals surface area (Å²) >= 11 is 2.86. The fourth-order valence-electron chi connectivity index (χ4n) is 6.25. The Labute approximate surface area is 278 Å². The molecule has 2 heterocycles. The van der Waals surface area contributed by atoms with Crippen LogP contribution in [0.3, 0.4) is 0 Å². The molecule has 2 aromatic heterocycles. The molecule has 1 nitrogen and oxygen atoms in total. The third-order valence-electron chi connectivity index (χ3n) is 8.29. The minimum atomic E-state index is -0.216. The Bertz CT molecular complexity index is 2810. The lowest BCUT2D eigenvalue weighted by Crippen LogP contribution is -2.10. The van der Waals surface area contributed by atoms with Gasteiger partial charge in [-0.1, -0.05) is 121 Å². The highest BCUT2D eigenvalue weighted by molar-refractivity contribution is 7.26. The van der Waals surface area contributed by atoms with Crippen LogP contribution in [-0.4, -0.2) is 0 Å². The molecule has 0 aliphatic carbocycles. The molecule has 3 heteroatoms. The van der Waals surface area contributed by atoms with E-state index in [1.807, 2.05) is 59.5 Å². The maximum atomic E-state index is 9.51. The molecule has 212 valence electrons. The van der Waals surface area contributed by atoms with Crippen molar-refractivity contribution in [1.82, 2.24) is 0 Å². The predicted molar refractivity (Wildman–Crippen MR) is 198 cm³/mol. The molecular weight excluding hydrogens is 583 g/mol. The molecule has 0 saturated carbocycles. The number of fused-ring (bicyclic) bond motifs is 6. The second-order valence-corrected chi connectivity index (χ2v) is 12.9. The second-order valence-electron chi connectivity index (χ2n) is 10.9. The molecule has 7 aromatic carbocycles. The molecular formula is C42H27NS2. The van der Waals surface area contributed by atoms with Gasteiger partial charge in [-0.3, -0.25) is 0 Å². The molecule has 0 N–H and O–H groups in total. The van der Waals surface area contributed by atoms with Gasteiger partial charge in [0.25, 0.3) is 0 Å². The van der Waals surface area contributed by atoms with Crippen LogP contribution in [0.2, 0.25) is 0 Å². The Balaban J connectivity index is 1.42. The summed E-state index contributed by atoms with van der Waals surface area (Å²) in [5.74, 6) is 0. The SMILES string of the molecule is [2H]c1cc2c(sc3c([2H])c([2H])c([2H])c(N(c4ccc(-c5ccccc5)cc4)c4ccc(-c5ccccc5)c5c4sc4ccccc45)c32)c([2H])c1[2H]. The molecule has 9 aromatic rings. The Morgan fingerprint density at radius 3 is 1.96 bits per heavy atom. The van der Waals surface area contributed by atoms with Gasteiger partial charge < -0.3 is 4.90 Å². The van der Waals surface area contributed by atoms with Crippen LogP contribution in [0, 0.1) is 0 Å². The van der Waals surface area contributed by atoms with E-state index in [1.165, 1.54) is 11.3 Å². The van der Waals surface area contributed by atoms with Gasteiger partial charge in [-0.15, -0.1) is 22.7 Å². The van der Waals surface area contributed by atoms with E-state index in [-0.39, 0.29) is 36.3 Å². The summed E-state index contributed by atoms with van der Waals surface area (Å²) < 4.78 is 56.2. The highest BCUT2D eigenvalue weighted by Crippen LogP contribution is 2.50. The number of nitrogens with zero attached hydrogens (tertiary/aromatic N) is 1. The van der Waals surface area contributed by atoms with Crippen molar-refractivity contribution in [3.8, 4) is 22.3 Å². The van der Waals surface area contributed by atoms with Crippen molar-refractivity contribution in [1.29, 1.82) is 0 Å². The van der Waals surface area contributed by atoms with Gasteiger partial charge in [0.05, 0.1) is 24.3 Å². The van der Waals surface area contributed by atoms with E-state index in [9.17, 15) is 1.37 Å². The average molecular weight is 616 g/mol. The molecule has 0 bridgehead atoms. The van der Waals surface area contributed by atoms with Gasteiger partial charge >= 0.3 is 0 Å². The van der Waals surface area contributed by atoms with E-state index in [0.717, 1.165) is 53.8 Å². The highest BCUT2D eigenvalue weighted by Gasteiger charge is 2.23. The first-order chi connectivity index (χ1) is 24.8. The van der Waals surface area contributed by atoms with Crippen molar-refractivity contribution in [3.63, 3.8) is 0 Å². The van der Waals surface area contributed by atoms with Crippen molar-refractivity contribution in [2.24, 2.45) is 0 Å². The summed E-state index contributed by atoms with van der Waals surface area (Å²) in [6, 6.07) is 42.0. The van der Waals surface area contributed by atoms with Crippen molar-refractivity contribution in [2.45, 2.75) is 0 Å². The van der Waals surface area contributed by atoms with Gasteiger partial charge in [-0.25, -0.2) is 0 Å². The minimum absolute atomic E-state index is 0.0833. The second kappa shape index (κ2) is 10.7. The Morgan fingerprint density at radius 2 is 1.13 bits per heavy atom. The largest absolute Gasteiger partial charge is 0.308 e. The molecule has 0 radical (unpaired) electrons. The lowest BCUT2D eigenvalue weighted by Gasteiger charge is -2.28. The topological polar surface area (TPSA) is 3.24 Å². The Kier molecular flexibility index (Phi) is 4.94. The number of hydrogen-bond acceptors (Lipinski definition) is 3. The lowest BCUT2D eigenvalue weighted by molar-refractivity contribution is 1.32. The monoisotopic (exact) mass is 615 g/mol. The Hall–Kier alpha value is -5.22. The van der Waals surface area contributed by atoms with Gasteiger partial charge in [-0.2, -0.15) is 0 Å². The average Bonchev–Trinajstić information content (AvgIpc) is 3.75. The zero-order valence-corrected chi connectivity index (χ0v) is 25.5. The first-order valence-corrected chi connectivity index (χ1v) is 16.3. The maximum absolute atomic E-state index is 9.51. The Morgan fingerprint density at radius 1 is 0.444 bits per heavy atom. The summed E-state index contributed by atoms with van der Waals surface area (Å²) in [5, 5.41) is 3.29. The van der Waals surface area contributed by atoms with Crippen LogP contribution in [0.25, 0.3) is 62.6 Å². The van der Waals surface area contributed by atoms with Crippen molar-refractivity contribution in [2.75, 3.05) is 4.90 Å². The number of thiophene rings is 2. The summed E-state index contributed by atoms with van der Waals surface area (Å²) in [4.78, 5) is 2.03.